The summed E-state index contributed by atoms with van der Waals surface area (Å²) in [7, 11) is 1.44. The Morgan fingerprint density at radius 2 is 2.15 bits per heavy atom. The number of halogens is 1. The fraction of sp³-hybridized carbons (Fsp3) is 0.333. The van der Waals surface area contributed by atoms with Gasteiger partial charge in [0.25, 0.3) is 0 Å². The van der Waals surface area contributed by atoms with Gasteiger partial charge in [0.1, 0.15) is 0 Å². The van der Waals surface area contributed by atoms with Crippen molar-refractivity contribution in [3.8, 4) is 5.75 Å². The van der Waals surface area contributed by atoms with Crippen molar-refractivity contribution in [1.82, 2.24) is 0 Å². The molecule has 72 valence electrons. The van der Waals surface area contributed by atoms with Crippen LogP contribution >= 0.6 is 0 Å². The number of hydrogen-bond acceptors (Lipinski definition) is 3. The zero-order chi connectivity index (χ0) is 9.84. The molecule has 0 bridgehead atoms. The van der Waals surface area contributed by atoms with Crippen molar-refractivity contribution in [2.24, 2.45) is 5.90 Å². The van der Waals surface area contributed by atoms with Crippen molar-refractivity contribution >= 4 is 0 Å². The Kier molecular flexibility index (Phi) is 3.22. The Morgan fingerprint density at radius 3 is 2.62 bits per heavy atom. The summed E-state index contributed by atoms with van der Waals surface area (Å²) in [5.74, 6) is 4.75. The molecular formula is C9H12FNO2. The van der Waals surface area contributed by atoms with E-state index in [4.69, 9.17) is 10.6 Å². The summed E-state index contributed by atoms with van der Waals surface area (Å²) in [4.78, 5) is 4.40. The van der Waals surface area contributed by atoms with Gasteiger partial charge in [-0.25, -0.2) is 10.3 Å². The van der Waals surface area contributed by atoms with Gasteiger partial charge in [-0.1, -0.05) is 0 Å². The Morgan fingerprint density at radius 1 is 1.46 bits per heavy atom. The van der Waals surface area contributed by atoms with Crippen LogP contribution in [-0.2, 0) is 11.4 Å². The normalized spacial score (nSPS) is 10.2. The summed E-state index contributed by atoms with van der Waals surface area (Å²) in [5.41, 5.74) is 1.42. The van der Waals surface area contributed by atoms with Gasteiger partial charge in [-0.15, -0.1) is 0 Å². The predicted molar refractivity (Wildman–Crippen MR) is 46.7 cm³/mol. The highest BCUT2D eigenvalue weighted by Crippen LogP contribution is 2.23. The number of aryl methyl sites for hydroxylation is 1. The Bertz CT molecular complexity index is 279. The van der Waals surface area contributed by atoms with E-state index in [-0.39, 0.29) is 12.4 Å². The van der Waals surface area contributed by atoms with Gasteiger partial charge in [-0.3, -0.25) is 4.84 Å². The summed E-state index contributed by atoms with van der Waals surface area (Å²) < 4.78 is 18.1. The fourth-order valence-corrected chi connectivity index (χ4v) is 1.24. The van der Waals surface area contributed by atoms with Gasteiger partial charge < -0.3 is 4.74 Å². The largest absolute Gasteiger partial charge is 0.493 e. The SMILES string of the molecule is COc1c(C)cc(CON)cc1F. The Labute approximate surface area is 76.2 Å². The van der Waals surface area contributed by atoms with Crippen LogP contribution in [0.4, 0.5) is 4.39 Å². The monoisotopic (exact) mass is 185 g/mol. The van der Waals surface area contributed by atoms with Gasteiger partial charge in [0.15, 0.2) is 11.6 Å². The first kappa shape index (κ1) is 9.95. The Hall–Kier alpha value is -1.13. The smallest absolute Gasteiger partial charge is 0.165 e. The van der Waals surface area contributed by atoms with Crippen molar-refractivity contribution in [1.29, 1.82) is 0 Å². The van der Waals surface area contributed by atoms with Crippen molar-refractivity contribution < 1.29 is 14.0 Å². The van der Waals surface area contributed by atoms with E-state index in [0.717, 1.165) is 5.56 Å². The third-order valence-corrected chi connectivity index (χ3v) is 1.74. The molecule has 1 aromatic carbocycles. The van der Waals surface area contributed by atoms with Crippen LogP contribution in [0, 0.1) is 12.7 Å². The van der Waals surface area contributed by atoms with E-state index in [9.17, 15) is 4.39 Å². The van der Waals surface area contributed by atoms with Crippen LogP contribution < -0.4 is 10.6 Å². The quantitative estimate of drug-likeness (QED) is 0.726. The minimum atomic E-state index is -0.394. The van der Waals surface area contributed by atoms with Gasteiger partial charge in [0.05, 0.1) is 13.7 Å². The minimum Gasteiger partial charge on any atom is -0.493 e. The maximum Gasteiger partial charge on any atom is 0.165 e. The number of methoxy groups -OCH3 is 1. The highest BCUT2D eigenvalue weighted by Gasteiger charge is 2.07. The summed E-state index contributed by atoms with van der Waals surface area (Å²) in [6.07, 6.45) is 0. The zero-order valence-corrected chi connectivity index (χ0v) is 7.63. The van der Waals surface area contributed by atoms with E-state index in [1.165, 1.54) is 13.2 Å². The second-order valence-electron chi connectivity index (χ2n) is 2.74. The molecule has 0 radical (unpaired) electrons. The standard InChI is InChI=1S/C9H12FNO2/c1-6-3-7(5-13-11)4-8(10)9(6)12-2/h3-4H,5,11H2,1-2H3. The molecule has 1 rings (SSSR count). The number of ether oxygens (including phenoxy) is 1. The summed E-state index contributed by atoms with van der Waals surface area (Å²) in [6.45, 7) is 1.96. The molecule has 0 saturated carbocycles. The van der Waals surface area contributed by atoms with Crippen LogP contribution in [0.25, 0.3) is 0 Å². The molecule has 0 aliphatic carbocycles. The molecule has 2 N–H and O–H groups in total. The predicted octanol–water partition coefficient (Wildman–Crippen LogP) is 1.53. The molecule has 0 unspecified atom stereocenters. The number of benzene rings is 1. The molecule has 0 fully saturated rings. The number of nitrogens with two attached hydrogens (primary N) is 1. The molecular weight excluding hydrogens is 173 g/mol. The molecule has 0 aliphatic rings. The highest BCUT2D eigenvalue weighted by atomic mass is 19.1. The van der Waals surface area contributed by atoms with E-state index in [1.807, 2.05) is 0 Å². The number of hydrogen-bond donors (Lipinski definition) is 1. The van der Waals surface area contributed by atoms with Crippen LogP contribution in [0.2, 0.25) is 0 Å². The first-order valence-corrected chi connectivity index (χ1v) is 3.83. The van der Waals surface area contributed by atoms with Gasteiger partial charge in [0.2, 0.25) is 0 Å². The first-order valence-electron chi connectivity index (χ1n) is 3.83. The molecule has 0 aliphatic heterocycles. The minimum absolute atomic E-state index is 0.196. The zero-order valence-electron chi connectivity index (χ0n) is 7.63. The fourth-order valence-electron chi connectivity index (χ4n) is 1.24. The first-order chi connectivity index (χ1) is 6.19. The van der Waals surface area contributed by atoms with Gasteiger partial charge in [-0.2, -0.15) is 0 Å². The Balaban J connectivity index is 3.05. The van der Waals surface area contributed by atoms with Crippen molar-refractivity contribution in [2.45, 2.75) is 13.5 Å². The molecule has 0 spiro atoms. The topological polar surface area (TPSA) is 44.5 Å². The molecule has 0 aromatic heterocycles. The molecule has 0 saturated heterocycles. The van der Waals surface area contributed by atoms with E-state index >= 15 is 0 Å². The lowest BCUT2D eigenvalue weighted by Crippen LogP contribution is -2.01. The third-order valence-electron chi connectivity index (χ3n) is 1.74. The average Bonchev–Trinajstić information content (AvgIpc) is 2.04. The van der Waals surface area contributed by atoms with Crippen LogP contribution in [0.5, 0.6) is 5.75 Å². The third kappa shape index (κ3) is 2.17. The molecule has 3 nitrogen and oxygen atoms in total. The molecule has 1 aromatic rings. The van der Waals surface area contributed by atoms with Crippen LogP contribution in [0.3, 0.4) is 0 Å². The maximum absolute atomic E-state index is 13.2. The van der Waals surface area contributed by atoms with Gasteiger partial charge in [0, 0.05) is 0 Å². The van der Waals surface area contributed by atoms with Crippen molar-refractivity contribution in [3.63, 3.8) is 0 Å². The van der Waals surface area contributed by atoms with Gasteiger partial charge >= 0.3 is 0 Å². The summed E-state index contributed by atoms with van der Waals surface area (Å²) in [6, 6.07) is 3.12. The second kappa shape index (κ2) is 4.20. The molecule has 0 amide bonds. The lowest BCUT2D eigenvalue weighted by Gasteiger charge is -2.07. The average molecular weight is 185 g/mol. The highest BCUT2D eigenvalue weighted by molar-refractivity contribution is 5.37. The molecule has 0 atom stereocenters. The van der Waals surface area contributed by atoms with Crippen molar-refractivity contribution in [3.05, 3.63) is 29.1 Å². The molecule has 0 heterocycles. The van der Waals surface area contributed by atoms with Gasteiger partial charge in [-0.05, 0) is 30.2 Å². The van der Waals surface area contributed by atoms with E-state index in [2.05, 4.69) is 4.84 Å². The molecule has 13 heavy (non-hydrogen) atoms. The second-order valence-corrected chi connectivity index (χ2v) is 2.74. The van der Waals surface area contributed by atoms with Crippen LogP contribution in [-0.4, -0.2) is 7.11 Å². The lowest BCUT2D eigenvalue weighted by atomic mass is 10.1. The van der Waals surface area contributed by atoms with Crippen LogP contribution in [0.1, 0.15) is 11.1 Å². The maximum atomic E-state index is 13.2. The van der Waals surface area contributed by atoms with E-state index < -0.39 is 5.82 Å². The summed E-state index contributed by atoms with van der Waals surface area (Å²) >= 11 is 0. The van der Waals surface area contributed by atoms with E-state index in [1.54, 1.807) is 13.0 Å². The molecule has 4 heteroatoms. The van der Waals surface area contributed by atoms with Crippen molar-refractivity contribution in [2.75, 3.05) is 7.11 Å². The van der Waals surface area contributed by atoms with E-state index in [0.29, 0.717) is 5.56 Å². The summed E-state index contributed by atoms with van der Waals surface area (Å²) in [5, 5.41) is 0. The number of rotatable bonds is 3. The van der Waals surface area contributed by atoms with Crippen LogP contribution in [0.15, 0.2) is 12.1 Å². The lowest BCUT2D eigenvalue weighted by molar-refractivity contribution is 0.124.